The van der Waals surface area contributed by atoms with E-state index in [4.69, 9.17) is 4.74 Å². The standard InChI is InChI=1S/C17H20FNO/c1-12(2)20-15-7-4-6-14(10-15)11-19-17-9-5-8-16(18)13(17)3/h4-10,12,19H,11H2,1-3H3. The summed E-state index contributed by atoms with van der Waals surface area (Å²) in [6.45, 7) is 6.41. The molecule has 0 saturated heterocycles. The van der Waals surface area contributed by atoms with Gasteiger partial charge < -0.3 is 10.1 Å². The summed E-state index contributed by atoms with van der Waals surface area (Å²) in [6, 6.07) is 13.0. The molecular formula is C17H20FNO. The molecule has 2 aromatic rings. The third-order valence-electron chi connectivity index (χ3n) is 3.02. The Kier molecular flexibility index (Phi) is 4.61. The van der Waals surface area contributed by atoms with Crippen LogP contribution in [0.25, 0.3) is 0 Å². The van der Waals surface area contributed by atoms with Gasteiger partial charge in [-0.2, -0.15) is 0 Å². The van der Waals surface area contributed by atoms with E-state index < -0.39 is 0 Å². The number of hydrogen-bond acceptors (Lipinski definition) is 2. The number of benzene rings is 2. The van der Waals surface area contributed by atoms with Gasteiger partial charge in [0.15, 0.2) is 0 Å². The monoisotopic (exact) mass is 273 g/mol. The van der Waals surface area contributed by atoms with Crippen LogP contribution in [-0.2, 0) is 6.54 Å². The SMILES string of the molecule is Cc1c(F)cccc1NCc1cccc(OC(C)C)c1. The maximum absolute atomic E-state index is 13.5. The zero-order valence-corrected chi connectivity index (χ0v) is 12.1. The lowest BCUT2D eigenvalue weighted by molar-refractivity contribution is 0.242. The van der Waals surface area contributed by atoms with E-state index in [9.17, 15) is 4.39 Å². The zero-order chi connectivity index (χ0) is 14.5. The van der Waals surface area contributed by atoms with Crippen molar-refractivity contribution in [3.63, 3.8) is 0 Å². The summed E-state index contributed by atoms with van der Waals surface area (Å²) in [7, 11) is 0. The van der Waals surface area contributed by atoms with E-state index in [0.717, 1.165) is 17.0 Å². The summed E-state index contributed by atoms with van der Waals surface area (Å²) in [5.41, 5.74) is 2.56. The smallest absolute Gasteiger partial charge is 0.128 e. The quantitative estimate of drug-likeness (QED) is 0.864. The van der Waals surface area contributed by atoms with Crippen LogP contribution in [0.15, 0.2) is 42.5 Å². The second kappa shape index (κ2) is 6.42. The Morgan fingerprint density at radius 1 is 1.15 bits per heavy atom. The van der Waals surface area contributed by atoms with Gasteiger partial charge in [-0.3, -0.25) is 0 Å². The first-order valence-electron chi connectivity index (χ1n) is 6.81. The number of rotatable bonds is 5. The van der Waals surface area contributed by atoms with Crippen LogP contribution in [0.1, 0.15) is 25.0 Å². The second-order valence-electron chi connectivity index (χ2n) is 5.08. The largest absolute Gasteiger partial charge is 0.491 e. The molecule has 0 spiro atoms. The fourth-order valence-electron chi connectivity index (χ4n) is 2.00. The highest BCUT2D eigenvalue weighted by atomic mass is 19.1. The van der Waals surface area contributed by atoms with Gasteiger partial charge in [-0.1, -0.05) is 18.2 Å². The molecule has 0 aromatic heterocycles. The van der Waals surface area contributed by atoms with Gasteiger partial charge in [-0.15, -0.1) is 0 Å². The molecule has 20 heavy (non-hydrogen) atoms. The Hall–Kier alpha value is -2.03. The summed E-state index contributed by atoms with van der Waals surface area (Å²) in [5.74, 6) is 0.669. The first-order chi connectivity index (χ1) is 9.56. The molecule has 2 nitrogen and oxygen atoms in total. The molecular weight excluding hydrogens is 253 g/mol. The normalized spacial score (nSPS) is 10.7. The average molecular weight is 273 g/mol. The predicted octanol–water partition coefficient (Wildman–Crippen LogP) is 4.53. The van der Waals surface area contributed by atoms with Crippen molar-refractivity contribution in [2.45, 2.75) is 33.4 Å². The molecule has 2 rings (SSSR count). The Balaban J connectivity index is 2.05. The highest BCUT2D eigenvalue weighted by Crippen LogP contribution is 2.20. The van der Waals surface area contributed by atoms with E-state index >= 15 is 0 Å². The number of ether oxygens (including phenoxy) is 1. The van der Waals surface area contributed by atoms with E-state index in [1.54, 1.807) is 13.0 Å². The second-order valence-corrected chi connectivity index (χ2v) is 5.08. The van der Waals surface area contributed by atoms with Crippen LogP contribution >= 0.6 is 0 Å². The van der Waals surface area contributed by atoms with Crippen molar-refractivity contribution in [1.82, 2.24) is 0 Å². The summed E-state index contributed by atoms with van der Waals surface area (Å²) in [4.78, 5) is 0. The average Bonchev–Trinajstić information content (AvgIpc) is 2.40. The zero-order valence-electron chi connectivity index (χ0n) is 12.1. The maximum atomic E-state index is 13.5. The molecule has 0 unspecified atom stereocenters. The van der Waals surface area contributed by atoms with Crippen molar-refractivity contribution < 1.29 is 9.13 Å². The third kappa shape index (κ3) is 3.73. The molecule has 0 saturated carbocycles. The maximum Gasteiger partial charge on any atom is 0.128 e. The minimum absolute atomic E-state index is 0.156. The Morgan fingerprint density at radius 2 is 1.90 bits per heavy atom. The van der Waals surface area contributed by atoms with Gasteiger partial charge in [-0.25, -0.2) is 4.39 Å². The third-order valence-corrected chi connectivity index (χ3v) is 3.02. The first kappa shape index (κ1) is 14.4. The Labute approximate surface area is 119 Å². The van der Waals surface area contributed by atoms with Crippen molar-refractivity contribution in [1.29, 1.82) is 0 Å². The molecule has 0 amide bonds. The molecule has 2 aromatic carbocycles. The lowest BCUT2D eigenvalue weighted by Crippen LogP contribution is -2.06. The molecule has 106 valence electrons. The van der Waals surface area contributed by atoms with Crippen molar-refractivity contribution in [3.8, 4) is 5.75 Å². The predicted molar refractivity (Wildman–Crippen MR) is 80.7 cm³/mol. The van der Waals surface area contributed by atoms with Crippen LogP contribution in [0.3, 0.4) is 0 Å². The molecule has 0 heterocycles. The number of hydrogen-bond donors (Lipinski definition) is 1. The van der Waals surface area contributed by atoms with Gasteiger partial charge in [0.2, 0.25) is 0 Å². The molecule has 0 aliphatic rings. The fourth-order valence-corrected chi connectivity index (χ4v) is 2.00. The van der Waals surface area contributed by atoms with Gasteiger partial charge in [0.25, 0.3) is 0 Å². The van der Waals surface area contributed by atoms with Crippen LogP contribution in [0.4, 0.5) is 10.1 Å². The van der Waals surface area contributed by atoms with Gasteiger partial charge in [-0.05, 0) is 50.6 Å². The molecule has 0 aliphatic heterocycles. The summed E-state index contributed by atoms with van der Waals surface area (Å²) < 4.78 is 19.1. The molecule has 0 aliphatic carbocycles. The van der Waals surface area contributed by atoms with Crippen molar-refractivity contribution >= 4 is 5.69 Å². The molecule has 0 bridgehead atoms. The van der Waals surface area contributed by atoms with Crippen molar-refractivity contribution in [2.24, 2.45) is 0 Å². The molecule has 1 N–H and O–H groups in total. The van der Waals surface area contributed by atoms with Crippen molar-refractivity contribution in [2.75, 3.05) is 5.32 Å². The van der Waals surface area contributed by atoms with E-state index in [1.807, 2.05) is 44.2 Å². The minimum Gasteiger partial charge on any atom is -0.491 e. The van der Waals surface area contributed by atoms with E-state index in [-0.39, 0.29) is 11.9 Å². The number of nitrogens with one attached hydrogen (secondary N) is 1. The van der Waals surface area contributed by atoms with Crippen LogP contribution in [-0.4, -0.2) is 6.10 Å². The molecule has 0 atom stereocenters. The highest BCUT2D eigenvalue weighted by Gasteiger charge is 2.04. The fraction of sp³-hybridized carbons (Fsp3) is 0.294. The molecule has 3 heteroatoms. The Bertz CT molecular complexity index is 581. The minimum atomic E-state index is -0.188. The highest BCUT2D eigenvalue weighted by molar-refractivity contribution is 5.51. The van der Waals surface area contributed by atoms with Crippen molar-refractivity contribution in [3.05, 3.63) is 59.4 Å². The van der Waals surface area contributed by atoms with Gasteiger partial charge in [0.05, 0.1) is 6.10 Å². The molecule has 0 fully saturated rings. The number of halogens is 1. The number of anilines is 1. The summed E-state index contributed by atoms with van der Waals surface area (Å²) >= 11 is 0. The van der Waals surface area contributed by atoms with Gasteiger partial charge in [0, 0.05) is 17.8 Å². The lowest BCUT2D eigenvalue weighted by Gasteiger charge is -2.13. The summed E-state index contributed by atoms with van der Waals surface area (Å²) in [6.07, 6.45) is 0.156. The molecule has 0 radical (unpaired) electrons. The van der Waals surface area contributed by atoms with Crippen LogP contribution < -0.4 is 10.1 Å². The van der Waals surface area contributed by atoms with Gasteiger partial charge >= 0.3 is 0 Å². The van der Waals surface area contributed by atoms with E-state index in [0.29, 0.717) is 12.1 Å². The topological polar surface area (TPSA) is 21.3 Å². The Morgan fingerprint density at radius 3 is 2.65 bits per heavy atom. The van der Waals surface area contributed by atoms with Gasteiger partial charge in [0.1, 0.15) is 11.6 Å². The van der Waals surface area contributed by atoms with Crippen LogP contribution in [0.5, 0.6) is 5.75 Å². The first-order valence-corrected chi connectivity index (χ1v) is 6.81. The lowest BCUT2D eigenvalue weighted by atomic mass is 10.1. The van der Waals surface area contributed by atoms with E-state index in [2.05, 4.69) is 5.32 Å². The van der Waals surface area contributed by atoms with Crippen LogP contribution in [0.2, 0.25) is 0 Å². The van der Waals surface area contributed by atoms with Crippen LogP contribution in [0, 0.1) is 12.7 Å². The van der Waals surface area contributed by atoms with E-state index in [1.165, 1.54) is 6.07 Å². The summed E-state index contributed by atoms with van der Waals surface area (Å²) in [5, 5.41) is 3.26.